The first-order valence-electron chi connectivity index (χ1n) is 5.47. The molecule has 0 aliphatic carbocycles. The van der Waals surface area contributed by atoms with Gasteiger partial charge in [0.2, 0.25) is 0 Å². The third-order valence-electron chi connectivity index (χ3n) is 2.46. The highest BCUT2D eigenvalue weighted by Gasteiger charge is 2.13. The maximum Gasteiger partial charge on any atom is 0.148 e. The average Bonchev–Trinajstić information content (AvgIpc) is 2.15. The van der Waals surface area contributed by atoms with E-state index in [2.05, 4.69) is 5.32 Å². The van der Waals surface area contributed by atoms with Gasteiger partial charge in [0, 0.05) is 23.4 Å². The zero-order chi connectivity index (χ0) is 13.1. The van der Waals surface area contributed by atoms with Gasteiger partial charge in [0.25, 0.3) is 0 Å². The van der Waals surface area contributed by atoms with Crippen molar-refractivity contribution in [3.05, 3.63) is 34.9 Å². The van der Waals surface area contributed by atoms with Crippen molar-refractivity contribution in [2.75, 3.05) is 12.0 Å². The minimum Gasteiger partial charge on any atom is -0.307 e. The van der Waals surface area contributed by atoms with E-state index in [0.29, 0.717) is 5.02 Å². The molecule has 0 bridgehead atoms. The van der Waals surface area contributed by atoms with Gasteiger partial charge in [-0.05, 0) is 31.5 Å². The number of hydrogen-bond acceptors (Lipinski definition) is 3. The third-order valence-corrected chi connectivity index (χ3v) is 3.81. The van der Waals surface area contributed by atoms with Crippen LogP contribution in [0.25, 0.3) is 0 Å². The van der Waals surface area contributed by atoms with Crippen molar-refractivity contribution in [3.63, 3.8) is 0 Å². The molecule has 0 radical (unpaired) electrons. The minimum absolute atomic E-state index is 0.0734. The quantitative estimate of drug-likeness (QED) is 0.898. The molecule has 1 N–H and O–H groups in total. The minimum atomic E-state index is -2.94. The second-order valence-electron chi connectivity index (χ2n) is 4.43. The summed E-state index contributed by atoms with van der Waals surface area (Å²) in [6, 6.07) is 7.56. The van der Waals surface area contributed by atoms with Crippen LogP contribution in [-0.4, -0.2) is 26.5 Å². The standard InChI is InChI=1S/C12H18ClNO2S/c1-9(8-17(3,15)16)14-10(2)11-4-6-12(13)7-5-11/h4-7,9-10,14H,8H2,1-3H3/t9?,10-/m1/s1. The predicted molar refractivity (Wildman–Crippen MR) is 72.2 cm³/mol. The van der Waals surface area contributed by atoms with E-state index in [9.17, 15) is 8.42 Å². The van der Waals surface area contributed by atoms with Crippen LogP contribution in [0.3, 0.4) is 0 Å². The zero-order valence-electron chi connectivity index (χ0n) is 10.3. The Bertz CT molecular complexity index is 456. The van der Waals surface area contributed by atoms with Gasteiger partial charge in [-0.25, -0.2) is 8.42 Å². The lowest BCUT2D eigenvalue weighted by Gasteiger charge is -2.19. The van der Waals surface area contributed by atoms with Gasteiger partial charge in [0.05, 0.1) is 5.75 Å². The normalized spacial score (nSPS) is 15.5. The van der Waals surface area contributed by atoms with Crippen LogP contribution < -0.4 is 5.32 Å². The Labute approximate surface area is 108 Å². The molecule has 0 heterocycles. The number of benzene rings is 1. The van der Waals surface area contributed by atoms with Gasteiger partial charge < -0.3 is 5.32 Å². The van der Waals surface area contributed by atoms with E-state index in [0.717, 1.165) is 5.56 Å². The van der Waals surface area contributed by atoms with Crippen LogP contribution >= 0.6 is 11.6 Å². The smallest absolute Gasteiger partial charge is 0.148 e. The Balaban J connectivity index is 2.60. The number of halogens is 1. The van der Waals surface area contributed by atoms with Crippen LogP contribution in [0.1, 0.15) is 25.5 Å². The van der Waals surface area contributed by atoms with Gasteiger partial charge in [-0.2, -0.15) is 0 Å². The molecule has 5 heteroatoms. The summed E-state index contributed by atoms with van der Waals surface area (Å²) in [5, 5.41) is 3.95. The third kappa shape index (κ3) is 5.52. The van der Waals surface area contributed by atoms with Crippen LogP contribution in [0.2, 0.25) is 5.02 Å². The lowest BCUT2D eigenvalue weighted by molar-refractivity contribution is 0.501. The van der Waals surface area contributed by atoms with Crippen LogP contribution in [-0.2, 0) is 9.84 Å². The first-order chi connectivity index (χ1) is 7.78. The van der Waals surface area contributed by atoms with Gasteiger partial charge >= 0.3 is 0 Å². The summed E-state index contributed by atoms with van der Waals surface area (Å²) in [5.74, 6) is 0.144. The summed E-state index contributed by atoms with van der Waals surface area (Å²) < 4.78 is 22.3. The molecule has 3 nitrogen and oxygen atoms in total. The summed E-state index contributed by atoms with van der Waals surface area (Å²) in [7, 11) is -2.94. The highest BCUT2D eigenvalue weighted by molar-refractivity contribution is 7.90. The molecule has 0 aromatic heterocycles. The van der Waals surface area contributed by atoms with Gasteiger partial charge in [0.15, 0.2) is 0 Å². The van der Waals surface area contributed by atoms with Gasteiger partial charge in [0.1, 0.15) is 9.84 Å². The Morgan fingerprint density at radius 3 is 2.24 bits per heavy atom. The SMILES string of the molecule is CC(CS(C)(=O)=O)N[C@H](C)c1ccc(Cl)cc1. The highest BCUT2D eigenvalue weighted by atomic mass is 35.5. The molecule has 1 unspecified atom stereocenters. The van der Waals surface area contributed by atoms with E-state index in [-0.39, 0.29) is 17.8 Å². The Morgan fingerprint density at radius 2 is 1.76 bits per heavy atom. The molecule has 1 aromatic rings. The molecule has 0 fully saturated rings. The number of hydrogen-bond donors (Lipinski definition) is 1. The molecule has 0 aliphatic rings. The van der Waals surface area contributed by atoms with Crippen molar-refractivity contribution in [1.29, 1.82) is 0 Å². The lowest BCUT2D eigenvalue weighted by atomic mass is 10.1. The van der Waals surface area contributed by atoms with Crippen molar-refractivity contribution >= 4 is 21.4 Å². The van der Waals surface area contributed by atoms with Crippen LogP contribution in [0.4, 0.5) is 0 Å². The van der Waals surface area contributed by atoms with E-state index >= 15 is 0 Å². The highest BCUT2D eigenvalue weighted by Crippen LogP contribution is 2.16. The fourth-order valence-electron chi connectivity index (χ4n) is 1.78. The zero-order valence-corrected chi connectivity index (χ0v) is 11.8. The second-order valence-corrected chi connectivity index (χ2v) is 7.05. The van der Waals surface area contributed by atoms with Crippen LogP contribution in [0, 0.1) is 0 Å². The molecular weight excluding hydrogens is 258 g/mol. The topological polar surface area (TPSA) is 46.2 Å². The van der Waals surface area contributed by atoms with E-state index in [4.69, 9.17) is 11.6 Å². The van der Waals surface area contributed by atoms with Crippen molar-refractivity contribution in [3.8, 4) is 0 Å². The Kier molecular flexibility index (Phi) is 4.98. The summed E-state index contributed by atoms with van der Waals surface area (Å²) in [5.41, 5.74) is 1.09. The molecule has 17 heavy (non-hydrogen) atoms. The molecule has 96 valence electrons. The maximum absolute atomic E-state index is 11.1. The van der Waals surface area contributed by atoms with Gasteiger partial charge in [-0.15, -0.1) is 0 Å². The van der Waals surface area contributed by atoms with Crippen molar-refractivity contribution in [1.82, 2.24) is 5.32 Å². The number of nitrogens with one attached hydrogen (secondary N) is 1. The molecular formula is C12H18ClNO2S. The molecule has 0 aliphatic heterocycles. The first-order valence-corrected chi connectivity index (χ1v) is 7.91. The fraction of sp³-hybridized carbons (Fsp3) is 0.500. The first kappa shape index (κ1) is 14.5. The molecule has 2 atom stereocenters. The summed E-state index contributed by atoms with van der Waals surface area (Å²) in [6.45, 7) is 3.87. The van der Waals surface area contributed by atoms with Crippen LogP contribution in [0.15, 0.2) is 24.3 Å². The predicted octanol–water partition coefficient (Wildman–Crippen LogP) is 2.42. The largest absolute Gasteiger partial charge is 0.307 e. The summed E-state index contributed by atoms with van der Waals surface area (Å²) >= 11 is 5.81. The maximum atomic E-state index is 11.1. The molecule has 0 saturated heterocycles. The summed E-state index contributed by atoms with van der Waals surface area (Å²) in [4.78, 5) is 0. The van der Waals surface area contributed by atoms with E-state index in [1.807, 2.05) is 38.1 Å². The molecule has 0 amide bonds. The summed E-state index contributed by atoms with van der Waals surface area (Å²) in [6.07, 6.45) is 1.25. The van der Waals surface area contributed by atoms with Crippen LogP contribution in [0.5, 0.6) is 0 Å². The molecule has 1 rings (SSSR count). The van der Waals surface area contributed by atoms with E-state index in [1.165, 1.54) is 6.26 Å². The molecule has 1 aromatic carbocycles. The van der Waals surface area contributed by atoms with Gasteiger partial charge in [-0.3, -0.25) is 0 Å². The van der Waals surface area contributed by atoms with Gasteiger partial charge in [-0.1, -0.05) is 23.7 Å². The number of sulfone groups is 1. The molecule has 0 spiro atoms. The fourth-order valence-corrected chi connectivity index (χ4v) is 2.91. The van der Waals surface area contributed by atoms with E-state index in [1.54, 1.807) is 0 Å². The monoisotopic (exact) mass is 275 g/mol. The van der Waals surface area contributed by atoms with E-state index < -0.39 is 9.84 Å². The molecule has 0 saturated carbocycles. The Hall–Kier alpha value is -0.580. The van der Waals surface area contributed by atoms with Crippen molar-refractivity contribution < 1.29 is 8.42 Å². The second kappa shape index (κ2) is 5.85. The lowest BCUT2D eigenvalue weighted by Crippen LogP contribution is -2.34. The Morgan fingerprint density at radius 1 is 1.24 bits per heavy atom. The van der Waals surface area contributed by atoms with Crippen molar-refractivity contribution in [2.45, 2.75) is 25.9 Å². The number of rotatable bonds is 5. The van der Waals surface area contributed by atoms with Crippen molar-refractivity contribution in [2.24, 2.45) is 0 Å². The average molecular weight is 276 g/mol.